The molecule has 1 aliphatic rings. The van der Waals surface area contributed by atoms with E-state index in [9.17, 15) is 15.0 Å². The van der Waals surface area contributed by atoms with Crippen molar-refractivity contribution in [1.29, 1.82) is 0 Å². The van der Waals surface area contributed by atoms with Gasteiger partial charge in [-0.25, -0.2) is 4.79 Å². The summed E-state index contributed by atoms with van der Waals surface area (Å²) in [6, 6.07) is 26.8. The molecule has 1 aliphatic heterocycles. The smallest absolute Gasteiger partial charge is 0.335 e. The van der Waals surface area contributed by atoms with Crippen LogP contribution in [0.2, 0.25) is 0 Å². The average molecular weight is 440 g/mol. The highest BCUT2D eigenvalue weighted by Gasteiger charge is 2.30. The van der Waals surface area contributed by atoms with Crippen molar-refractivity contribution in [3.63, 3.8) is 0 Å². The minimum absolute atomic E-state index is 0.183. The Hall–Kier alpha value is -3.83. The molecule has 0 unspecified atom stereocenters. The van der Waals surface area contributed by atoms with Gasteiger partial charge in [0.2, 0.25) is 0 Å². The van der Waals surface area contributed by atoms with Crippen molar-refractivity contribution in [3.8, 4) is 11.5 Å². The van der Waals surface area contributed by atoms with E-state index in [-0.39, 0.29) is 11.5 Å². The number of aliphatic hydroxyl groups excluding tert-OH is 1. The van der Waals surface area contributed by atoms with Gasteiger partial charge in [-0.2, -0.15) is 0 Å². The second-order valence-corrected chi connectivity index (χ2v) is 8.40. The molecular weight excluding hydrogens is 416 g/mol. The number of aliphatic hydroxyl groups is 1. The number of hydrogen-bond donors (Lipinski definition) is 2. The first-order valence-electron chi connectivity index (χ1n) is 10.9. The maximum atomic E-state index is 11.3. The van der Waals surface area contributed by atoms with Gasteiger partial charge in [-0.3, -0.25) is 0 Å². The van der Waals surface area contributed by atoms with E-state index in [0.29, 0.717) is 36.7 Å². The molecule has 0 spiro atoms. The van der Waals surface area contributed by atoms with Gasteiger partial charge in [0.15, 0.2) is 0 Å². The van der Waals surface area contributed by atoms with Crippen LogP contribution in [0.5, 0.6) is 11.5 Å². The fourth-order valence-corrected chi connectivity index (χ4v) is 4.32. The van der Waals surface area contributed by atoms with Crippen LogP contribution in [0.1, 0.15) is 33.2 Å². The van der Waals surface area contributed by atoms with E-state index >= 15 is 0 Å². The fourth-order valence-electron chi connectivity index (χ4n) is 4.32. The van der Waals surface area contributed by atoms with Crippen molar-refractivity contribution in [2.75, 3.05) is 6.61 Å². The van der Waals surface area contributed by atoms with E-state index in [1.165, 1.54) is 10.8 Å². The number of fused-ring (bicyclic) bond motifs is 2. The molecule has 2 atom stereocenters. The van der Waals surface area contributed by atoms with Gasteiger partial charge in [-0.1, -0.05) is 48.5 Å². The molecule has 4 aromatic carbocycles. The Morgan fingerprint density at radius 2 is 1.76 bits per heavy atom. The molecule has 0 aromatic heterocycles. The molecule has 2 N–H and O–H groups in total. The largest absolute Gasteiger partial charge is 0.493 e. The minimum Gasteiger partial charge on any atom is -0.493 e. The van der Waals surface area contributed by atoms with Crippen LogP contribution in [0.4, 0.5) is 0 Å². The monoisotopic (exact) mass is 440 g/mol. The van der Waals surface area contributed by atoms with E-state index in [4.69, 9.17) is 9.47 Å². The van der Waals surface area contributed by atoms with Crippen molar-refractivity contribution < 1.29 is 24.5 Å². The molecule has 0 saturated carbocycles. The highest BCUT2D eigenvalue weighted by molar-refractivity contribution is 5.87. The number of carboxylic acid groups (broad SMARTS) is 1. The van der Waals surface area contributed by atoms with Crippen molar-refractivity contribution in [2.45, 2.75) is 19.1 Å². The Balaban J connectivity index is 1.30. The maximum Gasteiger partial charge on any atom is 0.335 e. The molecule has 5 nitrogen and oxygen atoms in total. The van der Waals surface area contributed by atoms with Crippen LogP contribution in [0.25, 0.3) is 10.8 Å². The molecule has 0 aliphatic carbocycles. The standard InChI is InChI=1S/C28H24O5/c29-27-23(13-18-4-3-7-22(12-18)28(30)31)17-33-26-11-10-24(15-25(26)27)32-16-19-8-9-20-5-1-2-6-21(20)14-19/h1-12,14-15,23,27,29H,13,16-17H2,(H,30,31)/t23-,27-/m1/s1. The van der Waals surface area contributed by atoms with Crippen LogP contribution in [0.15, 0.2) is 84.9 Å². The summed E-state index contributed by atoms with van der Waals surface area (Å²) in [4.78, 5) is 11.3. The van der Waals surface area contributed by atoms with Gasteiger partial charge in [0, 0.05) is 11.5 Å². The molecule has 33 heavy (non-hydrogen) atoms. The molecule has 0 radical (unpaired) electrons. The Morgan fingerprint density at radius 3 is 2.61 bits per heavy atom. The first kappa shape index (κ1) is 21.0. The molecule has 1 heterocycles. The highest BCUT2D eigenvalue weighted by Crippen LogP contribution is 2.39. The number of ether oxygens (including phenoxy) is 2. The van der Waals surface area contributed by atoms with E-state index in [1.807, 2.05) is 36.4 Å². The third-order valence-electron chi connectivity index (χ3n) is 6.09. The summed E-state index contributed by atoms with van der Waals surface area (Å²) < 4.78 is 11.9. The minimum atomic E-state index is -0.962. The van der Waals surface area contributed by atoms with Gasteiger partial charge < -0.3 is 19.7 Å². The van der Waals surface area contributed by atoms with Crippen LogP contribution in [0, 0.1) is 5.92 Å². The predicted octanol–water partition coefficient (Wildman–Crippen LogP) is 5.40. The van der Waals surface area contributed by atoms with Crippen LogP contribution < -0.4 is 9.47 Å². The van der Waals surface area contributed by atoms with Crippen molar-refractivity contribution in [2.24, 2.45) is 5.92 Å². The third kappa shape index (κ3) is 4.54. The first-order valence-corrected chi connectivity index (χ1v) is 10.9. The van der Waals surface area contributed by atoms with Crippen molar-refractivity contribution in [1.82, 2.24) is 0 Å². The zero-order valence-electron chi connectivity index (χ0n) is 18.0. The van der Waals surface area contributed by atoms with Crippen LogP contribution in [-0.2, 0) is 13.0 Å². The molecular formula is C28H24O5. The molecule has 0 amide bonds. The summed E-state index contributed by atoms with van der Waals surface area (Å²) >= 11 is 0. The molecule has 0 bridgehead atoms. The van der Waals surface area contributed by atoms with E-state index in [0.717, 1.165) is 11.1 Å². The quantitative estimate of drug-likeness (QED) is 0.420. The molecule has 0 saturated heterocycles. The molecule has 4 aromatic rings. The number of carboxylic acids is 1. The van der Waals surface area contributed by atoms with Gasteiger partial charge in [-0.15, -0.1) is 0 Å². The van der Waals surface area contributed by atoms with Gasteiger partial charge in [-0.05, 0) is 64.7 Å². The Morgan fingerprint density at radius 1 is 0.909 bits per heavy atom. The van der Waals surface area contributed by atoms with Crippen molar-refractivity contribution >= 4 is 16.7 Å². The van der Waals surface area contributed by atoms with Crippen LogP contribution in [-0.4, -0.2) is 22.8 Å². The molecule has 0 fully saturated rings. The van der Waals surface area contributed by atoms with Gasteiger partial charge in [0.25, 0.3) is 0 Å². The third-order valence-corrected chi connectivity index (χ3v) is 6.09. The second-order valence-electron chi connectivity index (χ2n) is 8.40. The lowest BCUT2D eigenvalue weighted by molar-refractivity contribution is 0.0504. The molecule has 5 rings (SSSR count). The summed E-state index contributed by atoms with van der Waals surface area (Å²) in [5.74, 6) is 0.169. The van der Waals surface area contributed by atoms with Gasteiger partial charge in [0.05, 0.1) is 18.3 Å². The lowest BCUT2D eigenvalue weighted by atomic mass is 9.88. The molecule has 166 valence electrons. The lowest BCUT2D eigenvalue weighted by Gasteiger charge is -2.30. The lowest BCUT2D eigenvalue weighted by Crippen LogP contribution is -2.27. The van der Waals surface area contributed by atoms with Gasteiger partial charge >= 0.3 is 5.97 Å². The number of benzene rings is 4. The fraction of sp³-hybridized carbons (Fsp3) is 0.179. The Kier molecular flexibility index (Phi) is 5.71. The SMILES string of the molecule is O=C(O)c1cccc(C[C@@H]2COc3ccc(OCc4ccc5ccccc5c4)cc3[C@@H]2O)c1. The van der Waals surface area contributed by atoms with Crippen molar-refractivity contribution in [3.05, 3.63) is 107 Å². The first-order chi connectivity index (χ1) is 16.1. The van der Waals surface area contributed by atoms with E-state index < -0.39 is 12.1 Å². The zero-order valence-corrected chi connectivity index (χ0v) is 18.0. The topological polar surface area (TPSA) is 76.0 Å². The second kappa shape index (κ2) is 8.96. The number of rotatable bonds is 6. The maximum absolute atomic E-state index is 11.3. The summed E-state index contributed by atoms with van der Waals surface area (Å²) in [7, 11) is 0. The average Bonchev–Trinajstić information content (AvgIpc) is 2.84. The number of aromatic carboxylic acids is 1. The van der Waals surface area contributed by atoms with Crippen LogP contribution in [0.3, 0.4) is 0 Å². The predicted molar refractivity (Wildman–Crippen MR) is 126 cm³/mol. The zero-order chi connectivity index (χ0) is 22.8. The summed E-state index contributed by atoms with van der Waals surface area (Å²) in [5.41, 5.74) is 2.86. The summed E-state index contributed by atoms with van der Waals surface area (Å²) in [6.45, 7) is 0.786. The van der Waals surface area contributed by atoms with Crippen LogP contribution >= 0.6 is 0 Å². The summed E-state index contributed by atoms with van der Waals surface area (Å²) in [5, 5.41) is 22.6. The van der Waals surface area contributed by atoms with E-state index in [2.05, 4.69) is 30.3 Å². The number of hydrogen-bond acceptors (Lipinski definition) is 4. The highest BCUT2D eigenvalue weighted by atomic mass is 16.5. The van der Waals surface area contributed by atoms with E-state index in [1.54, 1.807) is 18.2 Å². The normalized spacial score (nSPS) is 17.2. The van der Waals surface area contributed by atoms with Gasteiger partial charge in [0.1, 0.15) is 18.1 Å². The summed E-state index contributed by atoms with van der Waals surface area (Å²) in [6.07, 6.45) is -0.212. The Bertz CT molecular complexity index is 1310. The number of carbonyl (C=O) groups is 1. The Labute approximate surface area is 191 Å². The molecule has 5 heteroatoms.